The molecule has 7 aromatic rings. The monoisotopic (exact) mass is 729 g/mol. The van der Waals surface area contributed by atoms with Crippen LogP contribution in [0.4, 0.5) is 5.69 Å². The van der Waals surface area contributed by atoms with Gasteiger partial charge < -0.3 is 19.8 Å². The van der Waals surface area contributed by atoms with Gasteiger partial charge in [0.2, 0.25) is 5.89 Å². The second-order valence-electron chi connectivity index (χ2n) is 12.4. The smallest absolute Gasteiger partial charge is 0.347 e. The van der Waals surface area contributed by atoms with E-state index in [1.807, 2.05) is 78.9 Å². The molecular weight excluding hydrogens is 697 g/mol. The van der Waals surface area contributed by atoms with Crippen molar-refractivity contribution in [2.45, 2.75) is 12.8 Å². The zero-order chi connectivity index (χ0) is 36.0. The van der Waals surface area contributed by atoms with E-state index in [1.54, 1.807) is 42.5 Å². The van der Waals surface area contributed by atoms with Gasteiger partial charge in [0, 0.05) is 40.9 Å². The van der Waals surface area contributed by atoms with Gasteiger partial charge in [0.15, 0.2) is 0 Å². The molecule has 10 heteroatoms. The highest BCUT2D eigenvalue weighted by Gasteiger charge is 2.19. The van der Waals surface area contributed by atoms with Crippen molar-refractivity contribution in [2.75, 3.05) is 25.1 Å². The predicted molar refractivity (Wildman–Crippen MR) is 207 cm³/mol. The van der Waals surface area contributed by atoms with E-state index in [-0.39, 0.29) is 11.8 Å². The molecular formula is C42H33Cl2N3O5. The first-order valence-corrected chi connectivity index (χ1v) is 17.6. The van der Waals surface area contributed by atoms with Crippen molar-refractivity contribution in [3.63, 3.8) is 0 Å². The van der Waals surface area contributed by atoms with Crippen LogP contribution in [-0.4, -0.2) is 36.6 Å². The fraction of sp³-hybridized carbons (Fsp3) is 0.143. The molecule has 0 saturated carbocycles. The molecule has 0 radical (unpaired) electrons. The lowest BCUT2D eigenvalue weighted by Gasteiger charge is -2.22. The van der Waals surface area contributed by atoms with Crippen LogP contribution in [-0.2, 0) is 4.74 Å². The van der Waals surface area contributed by atoms with E-state index < -0.39 is 5.63 Å². The minimum atomic E-state index is -0.435. The van der Waals surface area contributed by atoms with Gasteiger partial charge in [-0.05, 0) is 88.8 Å². The third-order valence-electron chi connectivity index (χ3n) is 9.01. The van der Waals surface area contributed by atoms with Crippen LogP contribution < -0.4 is 16.3 Å². The third-order valence-corrected chi connectivity index (χ3v) is 9.48. The molecule has 0 atom stereocenters. The van der Waals surface area contributed by atoms with Gasteiger partial charge in [-0.3, -0.25) is 9.59 Å². The second kappa shape index (κ2) is 15.8. The molecule has 2 N–H and O–H groups in total. The predicted octanol–water partition coefficient (Wildman–Crippen LogP) is 9.56. The standard InChI is InChI=1S/C24H23ClN2O3.C18H10ClNO2/c25-18-8-9-22(21(14-18)23(28)26-15-16-10-12-30-13-11-16)27-24(29)20-7-3-5-17-4-1-2-6-19(17)20;19-12-8-9-16-15(10-12)18(21)22-17(20-16)14-7-3-5-11-4-1-2-6-13(11)14/h1-9,14,16H,10-13,15H2,(H,26,28)(H,27,29);1-10H. The zero-order valence-electron chi connectivity index (χ0n) is 27.9. The Balaban J connectivity index is 0.000000169. The summed E-state index contributed by atoms with van der Waals surface area (Å²) in [5, 5.41) is 11.1. The Morgan fingerprint density at radius 2 is 1.35 bits per heavy atom. The molecule has 2 heterocycles. The highest BCUT2D eigenvalue weighted by Crippen LogP contribution is 2.28. The van der Waals surface area contributed by atoms with E-state index in [4.69, 9.17) is 32.4 Å². The van der Waals surface area contributed by atoms with Crippen LogP contribution >= 0.6 is 23.2 Å². The molecule has 0 spiro atoms. The number of nitrogens with zero attached hydrogens (tertiary/aromatic N) is 1. The number of aromatic nitrogens is 1. The maximum Gasteiger partial charge on any atom is 0.347 e. The van der Waals surface area contributed by atoms with E-state index in [9.17, 15) is 14.4 Å². The lowest BCUT2D eigenvalue weighted by Crippen LogP contribution is -2.32. The van der Waals surface area contributed by atoms with Gasteiger partial charge in [0.1, 0.15) is 0 Å². The Morgan fingerprint density at radius 3 is 2.13 bits per heavy atom. The van der Waals surface area contributed by atoms with Gasteiger partial charge in [-0.15, -0.1) is 0 Å². The van der Waals surface area contributed by atoms with E-state index in [1.165, 1.54) is 0 Å². The van der Waals surface area contributed by atoms with Crippen molar-refractivity contribution in [1.29, 1.82) is 0 Å². The summed E-state index contributed by atoms with van der Waals surface area (Å²) < 4.78 is 10.8. The Kier molecular flexibility index (Phi) is 10.6. The Hall–Kier alpha value is -5.54. The summed E-state index contributed by atoms with van der Waals surface area (Å²) in [7, 11) is 0. The van der Waals surface area contributed by atoms with Crippen molar-refractivity contribution in [3.8, 4) is 11.5 Å². The number of carbonyl (C=O) groups excluding carboxylic acids is 2. The van der Waals surface area contributed by atoms with Crippen LogP contribution in [0.5, 0.6) is 0 Å². The molecule has 1 saturated heterocycles. The summed E-state index contributed by atoms with van der Waals surface area (Å²) in [6, 6.07) is 37.0. The highest BCUT2D eigenvalue weighted by molar-refractivity contribution is 6.31. The molecule has 8 rings (SSSR count). The maximum atomic E-state index is 13.0. The van der Waals surface area contributed by atoms with Gasteiger partial charge in [-0.1, -0.05) is 96.0 Å². The molecule has 1 aliphatic heterocycles. The zero-order valence-corrected chi connectivity index (χ0v) is 29.4. The summed E-state index contributed by atoms with van der Waals surface area (Å²) in [4.78, 5) is 42.5. The SMILES string of the molecule is O=C(NCC1CCOCC1)c1cc(Cl)ccc1NC(=O)c1cccc2ccccc12.O=c1oc(-c2cccc3ccccc23)nc2ccc(Cl)cc12. The first-order chi connectivity index (χ1) is 25.3. The number of halogens is 2. The number of ether oxygens (including phenoxy) is 1. The van der Waals surface area contributed by atoms with Crippen molar-refractivity contribution >= 4 is 73.2 Å². The molecule has 6 aromatic carbocycles. The maximum absolute atomic E-state index is 13.0. The topological polar surface area (TPSA) is 111 Å². The third kappa shape index (κ3) is 7.85. The van der Waals surface area contributed by atoms with Crippen molar-refractivity contribution < 1.29 is 18.7 Å². The first kappa shape index (κ1) is 34.9. The van der Waals surface area contributed by atoms with Crippen LogP contribution in [0.25, 0.3) is 43.9 Å². The number of carbonyl (C=O) groups is 2. The average molecular weight is 731 g/mol. The quantitative estimate of drug-likeness (QED) is 0.176. The summed E-state index contributed by atoms with van der Waals surface area (Å²) in [6.07, 6.45) is 1.86. The number of benzene rings is 6. The Labute approximate surface area is 309 Å². The number of hydrogen-bond donors (Lipinski definition) is 2. The van der Waals surface area contributed by atoms with E-state index in [0.717, 1.165) is 53.2 Å². The van der Waals surface area contributed by atoms with Gasteiger partial charge >= 0.3 is 5.63 Å². The molecule has 260 valence electrons. The molecule has 0 bridgehead atoms. The number of anilines is 1. The van der Waals surface area contributed by atoms with Crippen LogP contribution in [0.1, 0.15) is 33.6 Å². The van der Waals surface area contributed by atoms with Gasteiger partial charge in [-0.2, -0.15) is 0 Å². The lowest BCUT2D eigenvalue weighted by atomic mass is 10.0. The molecule has 1 aromatic heterocycles. The van der Waals surface area contributed by atoms with Crippen molar-refractivity contribution in [1.82, 2.24) is 10.3 Å². The summed E-state index contributed by atoms with van der Waals surface area (Å²) in [5.74, 6) is 0.192. The molecule has 52 heavy (non-hydrogen) atoms. The number of amides is 2. The minimum absolute atomic E-state index is 0.253. The van der Waals surface area contributed by atoms with E-state index >= 15 is 0 Å². The number of rotatable bonds is 6. The molecule has 8 nitrogen and oxygen atoms in total. The fourth-order valence-electron chi connectivity index (χ4n) is 6.28. The Morgan fingerprint density at radius 1 is 0.692 bits per heavy atom. The highest BCUT2D eigenvalue weighted by atomic mass is 35.5. The van der Waals surface area contributed by atoms with Crippen LogP contribution in [0.15, 0.2) is 131 Å². The molecule has 2 amide bonds. The van der Waals surface area contributed by atoms with Crippen LogP contribution in [0.3, 0.4) is 0 Å². The van der Waals surface area contributed by atoms with Crippen LogP contribution in [0.2, 0.25) is 10.0 Å². The summed E-state index contributed by atoms with van der Waals surface area (Å²) >= 11 is 12.0. The number of fused-ring (bicyclic) bond motifs is 3. The molecule has 1 fully saturated rings. The van der Waals surface area contributed by atoms with Gasteiger partial charge in [0.05, 0.1) is 22.2 Å². The average Bonchev–Trinajstić information content (AvgIpc) is 3.18. The van der Waals surface area contributed by atoms with E-state index in [0.29, 0.717) is 56.1 Å². The van der Waals surface area contributed by atoms with Crippen molar-refractivity contribution in [3.05, 3.63) is 153 Å². The minimum Gasteiger partial charge on any atom is -0.403 e. The second-order valence-corrected chi connectivity index (χ2v) is 13.3. The van der Waals surface area contributed by atoms with Crippen LogP contribution in [0, 0.1) is 5.92 Å². The lowest BCUT2D eigenvalue weighted by molar-refractivity contribution is 0.0643. The molecule has 1 aliphatic rings. The fourth-order valence-corrected chi connectivity index (χ4v) is 6.62. The number of nitrogens with one attached hydrogen (secondary N) is 2. The van der Waals surface area contributed by atoms with Gasteiger partial charge in [-0.25, -0.2) is 9.78 Å². The normalized spacial score (nSPS) is 13.0. The summed E-state index contributed by atoms with van der Waals surface area (Å²) in [5.41, 5.74) is 2.27. The number of hydrogen-bond acceptors (Lipinski definition) is 6. The largest absolute Gasteiger partial charge is 0.403 e. The Bertz CT molecular complexity index is 2480. The summed E-state index contributed by atoms with van der Waals surface area (Å²) in [6.45, 7) is 2.03. The first-order valence-electron chi connectivity index (χ1n) is 16.9. The van der Waals surface area contributed by atoms with Gasteiger partial charge in [0.25, 0.3) is 11.8 Å². The molecule has 0 aliphatic carbocycles. The van der Waals surface area contributed by atoms with E-state index in [2.05, 4.69) is 15.6 Å². The van der Waals surface area contributed by atoms with Crippen molar-refractivity contribution in [2.24, 2.45) is 5.92 Å². The molecule has 0 unspecified atom stereocenters.